The van der Waals surface area contributed by atoms with Crippen LogP contribution in [0, 0.1) is 0 Å². The third-order valence-electron chi connectivity index (χ3n) is 7.55. The van der Waals surface area contributed by atoms with Crippen LogP contribution in [0.15, 0.2) is 0 Å². The molecular weight excluding hydrogens is 504 g/mol. The lowest BCUT2D eigenvalue weighted by molar-refractivity contribution is -0.314. The number of aliphatic hydroxyl groups excluding tert-OH is 5. The summed E-state index contributed by atoms with van der Waals surface area (Å²) < 4.78 is 23.8. The first-order valence-corrected chi connectivity index (χ1v) is 13.5. The first-order chi connectivity index (χ1) is 18.1. The minimum atomic E-state index is -1.45. The van der Waals surface area contributed by atoms with Gasteiger partial charge < -0.3 is 78.0 Å². The van der Waals surface area contributed by atoms with Crippen LogP contribution in [0.2, 0.25) is 0 Å². The molecule has 1 saturated carbocycles. The second kappa shape index (κ2) is 14.9. The molecule has 3 fully saturated rings. The second-order valence-corrected chi connectivity index (χ2v) is 10.5. The van der Waals surface area contributed by atoms with E-state index in [0.717, 1.165) is 13.0 Å². The van der Waals surface area contributed by atoms with Crippen LogP contribution < -0.4 is 33.6 Å². The van der Waals surface area contributed by atoms with Crippen LogP contribution in [0.4, 0.5) is 0 Å². The van der Waals surface area contributed by atoms with E-state index in [2.05, 4.69) is 10.6 Å². The van der Waals surface area contributed by atoms with Crippen molar-refractivity contribution in [3.63, 3.8) is 0 Å². The molecule has 0 radical (unpaired) electrons. The van der Waals surface area contributed by atoms with Crippen molar-refractivity contribution in [2.24, 2.45) is 22.9 Å². The zero-order chi connectivity index (χ0) is 28.0. The Kier molecular flexibility index (Phi) is 12.5. The fourth-order valence-electron chi connectivity index (χ4n) is 5.17. The molecule has 38 heavy (non-hydrogen) atoms. The molecule has 0 aromatic carbocycles. The lowest BCUT2D eigenvalue weighted by Gasteiger charge is -2.48. The Morgan fingerprint density at radius 1 is 0.947 bits per heavy atom. The monoisotopic (exact) mass is 552 g/mol. The van der Waals surface area contributed by atoms with Crippen molar-refractivity contribution in [1.82, 2.24) is 10.6 Å². The number of ether oxygens (including phenoxy) is 4. The van der Waals surface area contributed by atoms with Gasteiger partial charge >= 0.3 is 0 Å². The van der Waals surface area contributed by atoms with E-state index in [-0.39, 0.29) is 25.6 Å². The van der Waals surface area contributed by atoms with Gasteiger partial charge in [0.15, 0.2) is 12.6 Å². The summed E-state index contributed by atoms with van der Waals surface area (Å²) in [4.78, 5) is 0. The van der Waals surface area contributed by atoms with Crippen LogP contribution >= 0.6 is 0 Å². The zero-order valence-corrected chi connectivity index (χ0v) is 21.9. The van der Waals surface area contributed by atoms with Crippen LogP contribution in [-0.2, 0) is 18.9 Å². The molecule has 2 heterocycles. The Labute approximate surface area is 223 Å². The van der Waals surface area contributed by atoms with Crippen LogP contribution in [0.3, 0.4) is 0 Å². The fraction of sp³-hybridized carbons (Fsp3) is 1.00. The first-order valence-electron chi connectivity index (χ1n) is 13.5. The van der Waals surface area contributed by atoms with Gasteiger partial charge in [-0.15, -0.1) is 0 Å². The van der Waals surface area contributed by atoms with Crippen LogP contribution in [0.1, 0.15) is 26.2 Å². The van der Waals surface area contributed by atoms with Crippen molar-refractivity contribution >= 4 is 0 Å². The van der Waals surface area contributed by atoms with Crippen molar-refractivity contribution in [2.45, 2.75) is 112 Å². The Hall–Kier alpha value is -0.600. The van der Waals surface area contributed by atoms with E-state index in [1.54, 1.807) is 0 Å². The van der Waals surface area contributed by atoms with Gasteiger partial charge in [0.05, 0.1) is 30.9 Å². The summed E-state index contributed by atoms with van der Waals surface area (Å²) in [5.74, 6) is 0. The second-order valence-electron chi connectivity index (χ2n) is 10.5. The van der Waals surface area contributed by atoms with Gasteiger partial charge in [0.2, 0.25) is 0 Å². The van der Waals surface area contributed by atoms with Crippen molar-refractivity contribution in [2.75, 3.05) is 32.8 Å². The van der Waals surface area contributed by atoms with E-state index in [9.17, 15) is 25.5 Å². The van der Waals surface area contributed by atoms with Crippen molar-refractivity contribution < 1.29 is 44.5 Å². The summed E-state index contributed by atoms with van der Waals surface area (Å²) >= 11 is 0. The van der Waals surface area contributed by atoms with E-state index in [0.29, 0.717) is 13.0 Å². The van der Waals surface area contributed by atoms with E-state index >= 15 is 0 Å². The van der Waals surface area contributed by atoms with Gasteiger partial charge in [-0.05, 0) is 25.8 Å². The molecule has 0 bridgehead atoms. The number of rotatable bonds is 12. The summed E-state index contributed by atoms with van der Waals surface area (Å²) in [6, 6.07) is -2.84. The van der Waals surface area contributed by atoms with Crippen LogP contribution in [-0.4, -0.2) is 144 Å². The van der Waals surface area contributed by atoms with E-state index in [4.69, 9.17) is 41.9 Å². The third kappa shape index (κ3) is 7.78. The number of hydrogen-bond donors (Lipinski definition) is 11. The minimum absolute atomic E-state index is 0.0198. The highest BCUT2D eigenvalue weighted by Crippen LogP contribution is 2.31. The molecule has 224 valence electrons. The van der Waals surface area contributed by atoms with Gasteiger partial charge in [-0.1, -0.05) is 6.92 Å². The smallest absolute Gasteiger partial charge is 0.186 e. The molecular formula is C23H48N6O9. The van der Waals surface area contributed by atoms with Gasteiger partial charge in [0.25, 0.3) is 0 Å². The maximum absolute atomic E-state index is 11.4. The topological polar surface area (TPSA) is 266 Å². The van der Waals surface area contributed by atoms with E-state index in [1.165, 1.54) is 0 Å². The standard InChI is InChI=1S/C23H48N6O9/c1-2-28-8-11-3-4-12(25)22(35-11)37-20-13(26)5-14(29-7-10(31)6-24)21(19(20)34)38-23-18(33)16(27)17(32)15(9-30)36-23/h10-23,28-34H,2-9,24-27H2,1H3/t10?,11-,12+,13-,14+,15+,16-,17+,18+,19-,20+,21-,22+,23+/m0/s1. The predicted octanol–water partition coefficient (Wildman–Crippen LogP) is -5.67. The molecule has 2 aliphatic heterocycles. The normalized spacial score (nSPS) is 45.2. The molecule has 0 amide bonds. The van der Waals surface area contributed by atoms with Gasteiger partial charge in [-0.3, -0.25) is 0 Å². The Morgan fingerprint density at radius 3 is 2.32 bits per heavy atom. The fourth-order valence-corrected chi connectivity index (χ4v) is 5.17. The molecule has 15 N–H and O–H groups in total. The molecule has 1 unspecified atom stereocenters. The van der Waals surface area contributed by atoms with Crippen molar-refractivity contribution in [3.8, 4) is 0 Å². The highest BCUT2D eigenvalue weighted by Gasteiger charge is 2.50. The highest BCUT2D eigenvalue weighted by molar-refractivity contribution is 5.02. The molecule has 2 saturated heterocycles. The molecule has 15 heteroatoms. The van der Waals surface area contributed by atoms with Gasteiger partial charge in [0.1, 0.15) is 36.6 Å². The number of aliphatic hydroxyl groups is 5. The average molecular weight is 553 g/mol. The highest BCUT2D eigenvalue weighted by atomic mass is 16.7. The van der Waals surface area contributed by atoms with Crippen LogP contribution in [0.5, 0.6) is 0 Å². The van der Waals surface area contributed by atoms with Gasteiger partial charge in [-0.2, -0.15) is 0 Å². The van der Waals surface area contributed by atoms with E-state index < -0.39 is 86.1 Å². The Bertz CT molecular complexity index is 698. The largest absolute Gasteiger partial charge is 0.394 e. The number of likely N-dealkylation sites (N-methyl/N-ethyl adjacent to an activating group) is 1. The molecule has 3 aliphatic rings. The Balaban J connectivity index is 1.76. The number of nitrogens with two attached hydrogens (primary N) is 4. The van der Waals surface area contributed by atoms with Crippen molar-refractivity contribution in [3.05, 3.63) is 0 Å². The molecule has 3 rings (SSSR count). The van der Waals surface area contributed by atoms with Crippen LogP contribution in [0.25, 0.3) is 0 Å². The quantitative estimate of drug-likeness (QED) is 0.108. The minimum Gasteiger partial charge on any atom is -0.394 e. The number of hydrogen-bond acceptors (Lipinski definition) is 15. The summed E-state index contributed by atoms with van der Waals surface area (Å²) in [5.41, 5.74) is 24.2. The summed E-state index contributed by atoms with van der Waals surface area (Å²) in [5, 5.41) is 58.1. The molecule has 1 aliphatic carbocycles. The third-order valence-corrected chi connectivity index (χ3v) is 7.55. The molecule has 0 aromatic heterocycles. The number of nitrogens with one attached hydrogen (secondary N) is 2. The molecule has 14 atom stereocenters. The maximum Gasteiger partial charge on any atom is 0.186 e. The van der Waals surface area contributed by atoms with Crippen molar-refractivity contribution in [1.29, 1.82) is 0 Å². The van der Waals surface area contributed by atoms with Gasteiger partial charge in [-0.25, -0.2) is 0 Å². The first kappa shape index (κ1) is 31.9. The lowest BCUT2D eigenvalue weighted by atomic mass is 9.83. The maximum atomic E-state index is 11.4. The SMILES string of the molecule is CCNC[C@@H]1CC[C@@H](N)[C@@H](O[C@H]2[C@H](O)[C@@H](O[C@H]3O[C@H](CO)[C@@H](O)[C@H](N)[C@H]3O)[C@H](NCC(O)CN)C[C@@H]2N)O1. The van der Waals surface area contributed by atoms with Gasteiger partial charge in [0, 0.05) is 31.7 Å². The summed E-state index contributed by atoms with van der Waals surface area (Å²) in [7, 11) is 0. The average Bonchev–Trinajstić information content (AvgIpc) is 2.91. The molecule has 15 nitrogen and oxygen atoms in total. The molecule has 0 aromatic rings. The van der Waals surface area contributed by atoms with E-state index in [1.807, 2.05) is 6.92 Å². The summed E-state index contributed by atoms with van der Waals surface area (Å²) in [6.45, 7) is 2.99. The predicted molar refractivity (Wildman–Crippen MR) is 135 cm³/mol. The Morgan fingerprint density at radius 2 is 1.66 bits per heavy atom. The summed E-state index contributed by atoms with van der Waals surface area (Å²) in [6.07, 6.45) is -8.63. The lowest BCUT2D eigenvalue weighted by Crippen LogP contribution is -2.68. The zero-order valence-electron chi connectivity index (χ0n) is 21.9. The molecule has 0 spiro atoms.